The topological polar surface area (TPSA) is 75.7 Å². The summed E-state index contributed by atoms with van der Waals surface area (Å²) >= 11 is 0. The molecule has 1 N–H and O–H groups in total. The van der Waals surface area contributed by atoms with Crippen molar-refractivity contribution in [3.8, 4) is 16.9 Å². The fraction of sp³-hybridized carbons (Fsp3) is 0.387. The second-order valence-electron chi connectivity index (χ2n) is 10.4. The number of likely N-dealkylation sites (tertiary alicyclic amines) is 1. The average molecular weight is 569 g/mol. The van der Waals surface area contributed by atoms with Gasteiger partial charge in [-0.15, -0.1) is 12.4 Å². The van der Waals surface area contributed by atoms with Crippen LogP contribution in [-0.4, -0.2) is 51.2 Å². The van der Waals surface area contributed by atoms with E-state index in [0.717, 1.165) is 74.6 Å². The van der Waals surface area contributed by atoms with Gasteiger partial charge in [0.2, 0.25) is 0 Å². The summed E-state index contributed by atoms with van der Waals surface area (Å²) in [6, 6.07) is 24.2. The summed E-state index contributed by atoms with van der Waals surface area (Å²) in [5.74, 6) is 0.874. The molecule has 0 saturated carbocycles. The first-order valence-corrected chi connectivity index (χ1v) is 15.4. The van der Waals surface area contributed by atoms with Gasteiger partial charge in [-0.2, -0.15) is 8.42 Å². The highest BCUT2D eigenvalue weighted by Crippen LogP contribution is 2.43. The third-order valence-corrected chi connectivity index (χ3v) is 8.29. The molecule has 0 spiro atoms. The molecule has 0 unspecified atom stereocenters. The van der Waals surface area contributed by atoms with E-state index in [1.54, 1.807) is 6.07 Å². The van der Waals surface area contributed by atoms with Crippen LogP contribution in [0.5, 0.6) is 5.75 Å². The van der Waals surface area contributed by atoms with Crippen LogP contribution in [0.4, 0.5) is 0 Å². The summed E-state index contributed by atoms with van der Waals surface area (Å²) in [4.78, 5) is 15.2. The highest BCUT2D eigenvalue weighted by molar-refractivity contribution is 7.86. The highest BCUT2D eigenvalue weighted by atomic mass is 35.5. The molecule has 0 radical (unpaired) electrons. The molecule has 1 aliphatic carbocycles. The lowest BCUT2D eigenvalue weighted by Crippen LogP contribution is -2.46. The summed E-state index contributed by atoms with van der Waals surface area (Å²) < 4.78 is 28.8. The van der Waals surface area contributed by atoms with Gasteiger partial charge in [0.15, 0.2) is 0 Å². The summed E-state index contributed by atoms with van der Waals surface area (Å²) in [6.45, 7) is 2.77. The molecule has 3 aromatic carbocycles. The predicted molar refractivity (Wildman–Crippen MR) is 158 cm³/mol. The maximum absolute atomic E-state index is 12.6. The SMILES string of the molecule is CS(=O)(=O)Oc1cccc2c1CC[C@@H]1[C@@H]2CCCN1CCCCNC(=O)c1ccc(-c2ccccc2)cc1.Cl. The molecule has 3 aromatic rings. The van der Waals surface area contributed by atoms with E-state index >= 15 is 0 Å². The number of piperidine rings is 1. The highest BCUT2D eigenvalue weighted by Gasteiger charge is 2.37. The van der Waals surface area contributed by atoms with Crippen LogP contribution < -0.4 is 9.50 Å². The van der Waals surface area contributed by atoms with E-state index in [4.69, 9.17) is 4.18 Å². The van der Waals surface area contributed by atoms with Crippen molar-refractivity contribution < 1.29 is 17.4 Å². The lowest BCUT2D eigenvalue weighted by molar-refractivity contribution is 0.0947. The van der Waals surface area contributed by atoms with Gasteiger partial charge in [-0.1, -0.05) is 54.6 Å². The minimum absolute atomic E-state index is 0. The number of nitrogens with zero attached hydrogens (tertiary/aromatic N) is 1. The lowest BCUT2D eigenvalue weighted by atomic mass is 9.74. The van der Waals surface area contributed by atoms with Crippen molar-refractivity contribution >= 4 is 28.4 Å². The number of hydrogen-bond donors (Lipinski definition) is 1. The van der Waals surface area contributed by atoms with Crippen molar-refractivity contribution in [3.63, 3.8) is 0 Å². The van der Waals surface area contributed by atoms with Gasteiger partial charge < -0.3 is 9.50 Å². The quantitative estimate of drug-likeness (QED) is 0.260. The van der Waals surface area contributed by atoms with Crippen LogP contribution in [-0.2, 0) is 16.5 Å². The predicted octanol–water partition coefficient (Wildman–Crippen LogP) is 5.82. The molecule has 1 aliphatic heterocycles. The number of unbranched alkanes of at least 4 members (excludes halogenated alkanes) is 1. The number of rotatable bonds is 9. The minimum Gasteiger partial charge on any atom is -0.382 e. The van der Waals surface area contributed by atoms with Crippen molar-refractivity contribution in [2.24, 2.45) is 0 Å². The van der Waals surface area contributed by atoms with E-state index < -0.39 is 10.1 Å². The Hall–Kier alpha value is -2.87. The monoisotopic (exact) mass is 568 g/mol. The Morgan fingerprint density at radius 2 is 1.69 bits per heavy atom. The first-order valence-electron chi connectivity index (χ1n) is 13.6. The Bertz CT molecular complexity index is 1360. The van der Waals surface area contributed by atoms with Crippen LogP contribution in [0.15, 0.2) is 72.8 Å². The molecule has 5 rings (SSSR count). The molecule has 1 fully saturated rings. The molecule has 1 heterocycles. The van der Waals surface area contributed by atoms with Gasteiger partial charge in [-0.05, 0) is 98.0 Å². The third-order valence-electron chi connectivity index (χ3n) is 7.81. The molecule has 208 valence electrons. The maximum atomic E-state index is 12.6. The van der Waals surface area contributed by atoms with Gasteiger partial charge in [0.05, 0.1) is 6.26 Å². The first-order chi connectivity index (χ1) is 18.4. The Labute approximate surface area is 238 Å². The van der Waals surface area contributed by atoms with Crippen molar-refractivity contribution in [2.45, 2.75) is 50.5 Å². The van der Waals surface area contributed by atoms with Crippen molar-refractivity contribution in [3.05, 3.63) is 89.5 Å². The Morgan fingerprint density at radius 1 is 0.949 bits per heavy atom. The Kier molecular flexibility index (Phi) is 9.70. The molecule has 0 aromatic heterocycles. The van der Waals surface area contributed by atoms with Crippen molar-refractivity contribution in [1.82, 2.24) is 10.2 Å². The van der Waals surface area contributed by atoms with E-state index in [-0.39, 0.29) is 18.3 Å². The number of benzene rings is 3. The van der Waals surface area contributed by atoms with Gasteiger partial charge >= 0.3 is 10.1 Å². The standard InChI is InChI=1S/C31H36N2O4S.ClH/c1-38(35,36)37-30-13-7-11-26-27-12-8-22-33(29(27)19-18-28(26)30)21-6-5-20-32-31(34)25-16-14-24(15-17-25)23-9-3-2-4-10-23;/h2-4,7,9-11,13-17,27,29H,5-6,8,12,18-22H2,1H3,(H,32,34);1H/t27-,29-;/m1./s1. The molecular weight excluding hydrogens is 532 g/mol. The molecule has 2 atom stereocenters. The van der Waals surface area contributed by atoms with Gasteiger partial charge in [0.25, 0.3) is 5.91 Å². The zero-order valence-corrected chi connectivity index (χ0v) is 24.0. The van der Waals surface area contributed by atoms with E-state index in [2.05, 4.69) is 28.4 Å². The number of nitrogens with one attached hydrogen (secondary N) is 1. The molecule has 1 saturated heterocycles. The second-order valence-corrected chi connectivity index (χ2v) is 12.0. The number of fused-ring (bicyclic) bond motifs is 3. The summed E-state index contributed by atoms with van der Waals surface area (Å²) in [5.41, 5.74) is 5.23. The van der Waals surface area contributed by atoms with Gasteiger partial charge in [0.1, 0.15) is 5.75 Å². The third kappa shape index (κ3) is 7.21. The Morgan fingerprint density at radius 3 is 2.44 bits per heavy atom. The molecule has 39 heavy (non-hydrogen) atoms. The van der Waals surface area contributed by atoms with E-state index in [1.165, 1.54) is 5.56 Å². The number of halogens is 1. The smallest absolute Gasteiger partial charge is 0.306 e. The van der Waals surface area contributed by atoms with Crippen LogP contribution in [0, 0.1) is 0 Å². The second kappa shape index (κ2) is 13.0. The fourth-order valence-corrected chi connectivity index (χ4v) is 6.55. The van der Waals surface area contributed by atoms with Crippen molar-refractivity contribution in [2.75, 3.05) is 25.9 Å². The van der Waals surface area contributed by atoms with E-state index in [1.807, 2.05) is 48.5 Å². The normalized spacial score (nSPS) is 18.8. The number of hydrogen-bond acceptors (Lipinski definition) is 5. The van der Waals surface area contributed by atoms with E-state index in [9.17, 15) is 13.2 Å². The Balaban J connectivity index is 0.00000353. The molecule has 8 heteroatoms. The van der Waals surface area contributed by atoms with Crippen LogP contribution in [0.1, 0.15) is 59.5 Å². The fourth-order valence-electron chi connectivity index (χ4n) is 6.07. The van der Waals surface area contributed by atoms with Crippen LogP contribution >= 0.6 is 12.4 Å². The van der Waals surface area contributed by atoms with Crippen LogP contribution in [0.25, 0.3) is 11.1 Å². The van der Waals surface area contributed by atoms with Crippen LogP contribution in [0.2, 0.25) is 0 Å². The van der Waals surface area contributed by atoms with Crippen LogP contribution in [0.3, 0.4) is 0 Å². The number of carbonyl (C=O) groups is 1. The lowest BCUT2D eigenvalue weighted by Gasteiger charge is -2.45. The molecular formula is C31H37ClN2O4S. The summed E-state index contributed by atoms with van der Waals surface area (Å²) in [5, 5.41) is 3.07. The van der Waals surface area contributed by atoms with Gasteiger partial charge in [-0.3, -0.25) is 9.69 Å². The number of carbonyl (C=O) groups excluding carboxylic acids is 1. The first kappa shape index (κ1) is 29.1. The molecule has 6 nitrogen and oxygen atoms in total. The molecule has 0 bridgehead atoms. The summed E-state index contributed by atoms with van der Waals surface area (Å²) in [7, 11) is -3.55. The number of amides is 1. The minimum atomic E-state index is -3.55. The largest absolute Gasteiger partial charge is 0.382 e. The zero-order chi connectivity index (χ0) is 26.5. The van der Waals surface area contributed by atoms with Gasteiger partial charge in [-0.25, -0.2) is 0 Å². The van der Waals surface area contributed by atoms with Crippen molar-refractivity contribution in [1.29, 1.82) is 0 Å². The zero-order valence-electron chi connectivity index (χ0n) is 22.3. The summed E-state index contributed by atoms with van der Waals surface area (Å²) in [6.07, 6.45) is 7.16. The average Bonchev–Trinajstić information content (AvgIpc) is 2.92. The van der Waals surface area contributed by atoms with Gasteiger partial charge in [0, 0.05) is 18.2 Å². The molecule has 2 aliphatic rings. The van der Waals surface area contributed by atoms with E-state index in [0.29, 0.717) is 29.8 Å². The maximum Gasteiger partial charge on any atom is 0.306 e. The molecule has 1 amide bonds.